The first-order valence-corrected chi connectivity index (χ1v) is 9.92. The summed E-state index contributed by atoms with van der Waals surface area (Å²) in [5.74, 6) is 1.25. The molecule has 3 heterocycles. The minimum absolute atomic E-state index is 0.197. The Balaban J connectivity index is 1.38. The maximum atomic E-state index is 12.1. The third-order valence-electron chi connectivity index (χ3n) is 5.58. The molecule has 5 rings (SSSR count). The van der Waals surface area contributed by atoms with Crippen LogP contribution >= 0.6 is 0 Å². The topological polar surface area (TPSA) is 67.6 Å². The highest BCUT2D eigenvalue weighted by atomic mass is 16.2. The Labute approximate surface area is 163 Å². The van der Waals surface area contributed by atoms with Crippen LogP contribution in [0.5, 0.6) is 0 Å². The minimum Gasteiger partial charge on any atom is -0.342 e. The molecule has 1 saturated carbocycles. The first-order valence-electron chi connectivity index (χ1n) is 9.92. The highest BCUT2D eigenvalue weighted by Gasteiger charge is 2.30. The van der Waals surface area contributed by atoms with E-state index in [2.05, 4.69) is 10.1 Å². The lowest BCUT2D eigenvalue weighted by atomic mass is 10.0. The summed E-state index contributed by atoms with van der Waals surface area (Å²) in [5, 5.41) is 4.58. The molecule has 1 saturated heterocycles. The average Bonchev–Trinajstić information content (AvgIpc) is 3.41. The lowest BCUT2D eigenvalue weighted by molar-refractivity contribution is -0.133. The predicted molar refractivity (Wildman–Crippen MR) is 105 cm³/mol. The molecule has 28 heavy (non-hydrogen) atoms. The van der Waals surface area contributed by atoms with Crippen molar-refractivity contribution in [3.8, 4) is 11.3 Å². The van der Waals surface area contributed by atoms with Crippen LogP contribution in [0.1, 0.15) is 30.7 Å². The van der Waals surface area contributed by atoms with Crippen LogP contribution in [0.15, 0.2) is 42.5 Å². The molecule has 2 aromatic heterocycles. The number of pyridine rings is 1. The van der Waals surface area contributed by atoms with Crippen molar-refractivity contribution in [1.29, 1.82) is 0 Å². The monoisotopic (exact) mass is 374 g/mol. The molecular formula is C22H22N4O2. The molecule has 0 N–H and O–H groups in total. The summed E-state index contributed by atoms with van der Waals surface area (Å²) in [7, 11) is 0. The molecule has 1 aliphatic heterocycles. The molecule has 0 atom stereocenters. The van der Waals surface area contributed by atoms with Crippen LogP contribution in [-0.2, 0) is 22.4 Å². The zero-order chi connectivity index (χ0) is 19.1. The summed E-state index contributed by atoms with van der Waals surface area (Å²) in [6, 6.07) is 13.9. The van der Waals surface area contributed by atoms with Crippen LogP contribution in [0, 0.1) is 5.92 Å². The third-order valence-corrected chi connectivity index (χ3v) is 5.58. The van der Waals surface area contributed by atoms with E-state index in [0.717, 1.165) is 54.8 Å². The Morgan fingerprint density at radius 2 is 1.79 bits per heavy atom. The number of amides is 1. The number of carbonyl (C=O) groups is 2. The number of hydrogen-bond acceptors (Lipinski definition) is 4. The van der Waals surface area contributed by atoms with Gasteiger partial charge in [-0.3, -0.25) is 9.59 Å². The van der Waals surface area contributed by atoms with Crippen molar-refractivity contribution in [2.24, 2.45) is 5.92 Å². The highest BCUT2D eigenvalue weighted by molar-refractivity contribution is 5.84. The van der Waals surface area contributed by atoms with Crippen molar-refractivity contribution in [2.45, 2.75) is 32.1 Å². The van der Waals surface area contributed by atoms with Crippen LogP contribution in [0.4, 0.5) is 0 Å². The molecule has 0 unspecified atom stereocenters. The lowest BCUT2D eigenvalue weighted by Crippen LogP contribution is -2.42. The van der Waals surface area contributed by atoms with Gasteiger partial charge in [0.2, 0.25) is 5.91 Å². The number of benzene rings is 1. The van der Waals surface area contributed by atoms with Crippen molar-refractivity contribution in [3.63, 3.8) is 0 Å². The van der Waals surface area contributed by atoms with Crippen LogP contribution in [0.25, 0.3) is 16.9 Å². The van der Waals surface area contributed by atoms with Gasteiger partial charge in [-0.05, 0) is 37.0 Å². The van der Waals surface area contributed by atoms with E-state index in [0.29, 0.717) is 18.7 Å². The number of hydrogen-bond donors (Lipinski definition) is 0. The van der Waals surface area contributed by atoms with Crippen molar-refractivity contribution in [1.82, 2.24) is 19.5 Å². The summed E-state index contributed by atoms with van der Waals surface area (Å²) in [4.78, 5) is 30.6. The quantitative estimate of drug-likeness (QED) is 0.665. The van der Waals surface area contributed by atoms with E-state index in [1.54, 1.807) is 4.52 Å². The van der Waals surface area contributed by atoms with Crippen LogP contribution in [0.3, 0.4) is 0 Å². The van der Waals surface area contributed by atoms with Gasteiger partial charge in [0, 0.05) is 24.6 Å². The molecule has 0 radical (unpaired) electrons. The predicted octanol–water partition coefficient (Wildman–Crippen LogP) is 2.69. The van der Waals surface area contributed by atoms with Gasteiger partial charge in [-0.15, -0.1) is 0 Å². The number of Topliss-reactive ketones (excluding diaryl/α,β-unsaturated/α-hetero) is 1. The first-order chi connectivity index (χ1) is 13.7. The Hall–Kier alpha value is -3.02. The maximum Gasteiger partial charge on any atom is 0.226 e. The van der Waals surface area contributed by atoms with Crippen LogP contribution in [-0.4, -0.2) is 44.3 Å². The average molecular weight is 374 g/mol. The molecule has 6 nitrogen and oxygen atoms in total. The van der Waals surface area contributed by atoms with Gasteiger partial charge in [-0.2, -0.15) is 5.10 Å². The number of ketones is 1. The molecule has 1 aromatic carbocycles. The molecule has 1 aliphatic carbocycles. The normalized spacial score (nSPS) is 16.2. The summed E-state index contributed by atoms with van der Waals surface area (Å²) in [6.07, 6.45) is 3.87. The Morgan fingerprint density at radius 3 is 2.46 bits per heavy atom. The molecule has 6 heteroatoms. The molecule has 1 amide bonds. The van der Waals surface area contributed by atoms with E-state index < -0.39 is 0 Å². The van der Waals surface area contributed by atoms with Gasteiger partial charge in [0.05, 0.1) is 18.5 Å². The standard InChI is InChI=1S/C22H22N4O2/c27-19(17-9-10-17)14-20-23-21-4-1-3-18(26(21)24-20)16-7-5-15(6-8-16)13-22(28)25-11-2-12-25/h1,3-8,17H,2,9-14H2. The SMILES string of the molecule is O=C(Cc1nc2cccc(-c3ccc(CC(=O)N4CCC4)cc3)n2n1)C1CC1. The van der Waals surface area contributed by atoms with Gasteiger partial charge in [0.15, 0.2) is 11.5 Å². The van der Waals surface area contributed by atoms with Gasteiger partial charge in [0.25, 0.3) is 0 Å². The fraction of sp³-hybridized carbons (Fsp3) is 0.364. The number of fused-ring (bicyclic) bond motifs is 1. The van der Waals surface area contributed by atoms with E-state index in [4.69, 9.17) is 0 Å². The molecule has 2 aliphatic rings. The van der Waals surface area contributed by atoms with E-state index in [1.165, 1.54) is 0 Å². The Kier molecular flexibility index (Phi) is 4.19. The van der Waals surface area contributed by atoms with E-state index in [9.17, 15) is 9.59 Å². The Morgan fingerprint density at radius 1 is 1.00 bits per heavy atom. The van der Waals surface area contributed by atoms with Crippen molar-refractivity contribution < 1.29 is 9.59 Å². The van der Waals surface area contributed by atoms with Crippen LogP contribution in [0.2, 0.25) is 0 Å². The number of rotatable bonds is 6. The number of likely N-dealkylation sites (tertiary alicyclic amines) is 1. The van der Waals surface area contributed by atoms with Gasteiger partial charge in [0.1, 0.15) is 5.78 Å². The summed E-state index contributed by atoms with van der Waals surface area (Å²) < 4.78 is 1.80. The van der Waals surface area contributed by atoms with E-state index in [1.807, 2.05) is 47.4 Å². The third kappa shape index (κ3) is 3.30. The van der Waals surface area contributed by atoms with E-state index in [-0.39, 0.29) is 17.6 Å². The summed E-state index contributed by atoms with van der Waals surface area (Å²) in [6.45, 7) is 1.77. The molecule has 0 spiro atoms. The smallest absolute Gasteiger partial charge is 0.226 e. The number of nitrogens with zero attached hydrogens (tertiary/aromatic N) is 4. The van der Waals surface area contributed by atoms with Gasteiger partial charge in [-0.1, -0.05) is 30.3 Å². The zero-order valence-corrected chi connectivity index (χ0v) is 15.7. The molecule has 3 aromatic rings. The van der Waals surface area contributed by atoms with Gasteiger partial charge < -0.3 is 4.90 Å². The molecule has 0 bridgehead atoms. The van der Waals surface area contributed by atoms with Gasteiger partial charge in [-0.25, -0.2) is 9.50 Å². The van der Waals surface area contributed by atoms with Crippen LogP contribution < -0.4 is 0 Å². The highest BCUT2D eigenvalue weighted by Crippen LogP contribution is 2.30. The molecular weight excluding hydrogens is 352 g/mol. The second-order valence-electron chi connectivity index (χ2n) is 7.73. The fourth-order valence-electron chi connectivity index (χ4n) is 3.59. The summed E-state index contributed by atoms with van der Waals surface area (Å²) >= 11 is 0. The van der Waals surface area contributed by atoms with Gasteiger partial charge >= 0.3 is 0 Å². The van der Waals surface area contributed by atoms with Crippen molar-refractivity contribution >= 4 is 17.3 Å². The number of carbonyl (C=O) groups excluding carboxylic acids is 2. The maximum absolute atomic E-state index is 12.1. The Bertz CT molecular complexity index is 1050. The second-order valence-corrected chi connectivity index (χ2v) is 7.73. The minimum atomic E-state index is 0.197. The number of aromatic nitrogens is 3. The molecule has 142 valence electrons. The van der Waals surface area contributed by atoms with E-state index >= 15 is 0 Å². The zero-order valence-electron chi connectivity index (χ0n) is 15.7. The van der Waals surface area contributed by atoms with Crippen molar-refractivity contribution in [3.05, 3.63) is 53.9 Å². The second kappa shape index (κ2) is 6.86. The largest absolute Gasteiger partial charge is 0.342 e. The fourth-order valence-corrected chi connectivity index (χ4v) is 3.59. The molecule has 2 fully saturated rings. The summed E-state index contributed by atoms with van der Waals surface area (Å²) in [5.41, 5.74) is 3.70. The van der Waals surface area contributed by atoms with Crippen molar-refractivity contribution in [2.75, 3.05) is 13.1 Å². The first kappa shape index (κ1) is 17.1. The lowest BCUT2D eigenvalue weighted by Gasteiger charge is -2.30.